The second-order valence-electron chi connectivity index (χ2n) is 13.0. The van der Waals surface area contributed by atoms with E-state index in [9.17, 15) is 27.9 Å². The number of hydrogen-bond acceptors (Lipinski definition) is 12. The molecule has 1 aliphatic heterocycles. The first-order valence-electron chi connectivity index (χ1n) is 15.4. The Morgan fingerprint density at radius 1 is 1.12 bits per heavy atom. The predicted octanol–water partition coefficient (Wildman–Crippen LogP) is 3.10. The second-order valence-corrected chi connectivity index (χ2v) is 16.2. The fourth-order valence-corrected chi connectivity index (χ4v) is 8.02. The molecule has 1 saturated heterocycles. The number of aromatic nitrogens is 3. The van der Waals surface area contributed by atoms with Crippen LogP contribution in [0.4, 0.5) is 5.13 Å². The molecule has 1 saturated carbocycles. The van der Waals surface area contributed by atoms with Crippen LogP contribution in [0.3, 0.4) is 0 Å². The van der Waals surface area contributed by atoms with E-state index in [1.54, 1.807) is 32.2 Å². The largest absolute Gasteiger partial charge is 0.471 e. The highest BCUT2D eigenvalue weighted by molar-refractivity contribution is 7.91. The van der Waals surface area contributed by atoms with Crippen molar-refractivity contribution in [3.05, 3.63) is 66.0 Å². The minimum Gasteiger partial charge on any atom is -0.471 e. The molecule has 17 heteroatoms. The number of fused-ring (bicyclic) bond motifs is 1. The molecule has 4 heterocycles. The highest BCUT2D eigenvalue weighted by Crippen LogP contribution is 2.45. The average Bonchev–Trinajstić information content (AvgIpc) is 3.53. The zero-order valence-corrected chi connectivity index (χ0v) is 29.3. The third-order valence-electron chi connectivity index (χ3n) is 8.41. The first-order chi connectivity index (χ1) is 23.2. The van der Waals surface area contributed by atoms with Gasteiger partial charge in [-0.25, -0.2) is 24.4 Å². The number of hydrogen-bond donors (Lipinski definition) is 4. The fourth-order valence-electron chi connectivity index (χ4n) is 5.66. The van der Waals surface area contributed by atoms with Gasteiger partial charge in [-0.1, -0.05) is 45.0 Å². The van der Waals surface area contributed by atoms with Gasteiger partial charge in [-0.3, -0.25) is 14.4 Å². The fraction of sp³-hybridized carbons (Fsp3) is 0.375. The number of thiazole rings is 1. The summed E-state index contributed by atoms with van der Waals surface area (Å²) in [4.78, 5) is 56.6. The maximum Gasteiger partial charge on any atom is 0.325 e. The van der Waals surface area contributed by atoms with Crippen LogP contribution in [0, 0.1) is 11.3 Å². The topological polar surface area (TPSA) is 193 Å². The third-order valence-corrected chi connectivity index (χ3v) is 11.0. The van der Waals surface area contributed by atoms with E-state index in [1.807, 2.05) is 40.4 Å². The molecule has 2 fully saturated rings. The number of carbonyl (C=O) groups is 3. The Bertz CT molecular complexity index is 2000. The van der Waals surface area contributed by atoms with Crippen LogP contribution in [-0.4, -0.2) is 81.4 Å². The van der Waals surface area contributed by atoms with Crippen molar-refractivity contribution in [3.8, 4) is 16.5 Å². The lowest BCUT2D eigenvalue weighted by Crippen LogP contribution is -2.58. The molecule has 0 spiro atoms. The number of ether oxygens (including phenoxy) is 1. The van der Waals surface area contributed by atoms with E-state index in [0.29, 0.717) is 16.7 Å². The van der Waals surface area contributed by atoms with Crippen molar-refractivity contribution in [2.75, 3.05) is 11.3 Å². The number of benzene rings is 1. The number of amides is 3. The number of anilines is 1. The number of likely N-dealkylation sites (tertiary alicyclic amines) is 1. The Labute approximate surface area is 290 Å². The summed E-state index contributed by atoms with van der Waals surface area (Å²) in [6.07, 6.45) is 0.736. The molecular weight excluding hydrogens is 691 g/mol. The van der Waals surface area contributed by atoms with Gasteiger partial charge in [0.1, 0.15) is 29.5 Å². The van der Waals surface area contributed by atoms with Gasteiger partial charge in [-0.15, -0.1) is 29.3 Å². The van der Waals surface area contributed by atoms with Gasteiger partial charge in [0.2, 0.25) is 11.8 Å². The van der Waals surface area contributed by atoms with Crippen LogP contribution in [-0.2, 0) is 24.6 Å². The van der Waals surface area contributed by atoms with Gasteiger partial charge < -0.3 is 20.1 Å². The summed E-state index contributed by atoms with van der Waals surface area (Å²) in [5.41, 5.74) is -0.719. The van der Waals surface area contributed by atoms with Crippen LogP contribution in [0.5, 0.6) is 5.88 Å². The molecule has 14 nitrogen and oxygen atoms in total. The lowest BCUT2D eigenvalue weighted by molar-refractivity contribution is -0.150. The van der Waals surface area contributed by atoms with Crippen molar-refractivity contribution in [2.24, 2.45) is 11.3 Å². The maximum atomic E-state index is 14.0. The van der Waals surface area contributed by atoms with Crippen LogP contribution in [0.15, 0.2) is 66.0 Å². The molecule has 49 heavy (non-hydrogen) atoms. The van der Waals surface area contributed by atoms with Crippen molar-refractivity contribution < 1.29 is 32.6 Å². The van der Waals surface area contributed by atoms with E-state index in [0.717, 1.165) is 16.2 Å². The lowest BCUT2D eigenvalue weighted by Gasteiger charge is -2.32. The number of rotatable bonds is 11. The number of aliphatic hydroxyl groups is 1. The van der Waals surface area contributed by atoms with Gasteiger partial charge in [-0.2, -0.15) is 8.42 Å². The highest BCUT2D eigenvalue weighted by Gasteiger charge is 2.61. The molecule has 0 bridgehead atoms. The van der Waals surface area contributed by atoms with Gasteiger partial charge in [0, 0.05) is 23.9 Å². The SMILES string of the molecule is C=C[C@@H]1C[C@]1(NC(=O)[C@@H]1C[C@@H](Oc2nc3ccccc3nc2-c2cccs2)CN1C(=O)[C@@H](O)C(C)(C)C)C(=O)NS(=O)(=O)Nc1nccs1. The molecule has 5 atom stereocenters. The summed E-state index contributed by atoms with van der Waals surface area (Å²) < 4.78 is 36.0. The zero-order chi connectivity index (χ0) is 35.1. The van der Waals surface area contributed by atoms with E-state index >= 15 is 0 Å². The van der Waals surface area contributed by atoms with E-state index in [1.165, 1.54) is 28.5 Å². The molecular formula is C32H35N7O7S3. The molecule has 3 aromatic heterocycles. The molecule has 4 aromatic rings. The molecule has 1 aromatic carbocycles. The molecule has 2 aliphatic rings. The van der Waals surface area contributed by atoms with Crippen molar-refractivity contribution in [1.82, 2.24) is 29.9 Å². The Kier molecular flexibility index (Phi) is 9.21. The molecule has 0 radical (unpaired) electrons. The van der Waals surface area contributed by atoms with Gasteiger partial charge in [0.15, 0.2) is 5.13 Å². The lowest BCUT2D eigenvalue weighted by atomic mass is 9.88. The van der Waals surface area contributed by atoms with Crippen LogP contribution < -0.4 is 19.5 Å². The van der Waals surface area contributed by atoms with Crippen LogP contribution in [0.25, 0.3) is 21.6 Å². The molecule has 0 unspecified atom stereocenters. The number of carbonyl (C=O) groups excluding carboxylic acids is 3. The summed E-state index contributed by atoms with van der Waals surface area (Å²) in [7, 11) is -4.38. The smallest absolute Gasteiger partial charge is 0.325 e. The normalized spacial score (nSPS) is 22.7. The molecule has 258 valence electrons. The van der Waals surface area contributed by atoms with Gasteiger partial charge in [0.05, 0.1) is 22.5 Å². The highest BCUT2D eigenvalue weighted by atomic mass is 32.2. The zero-order valence-electron chi connectivity index (χ0n) is 26.8. The van der Waals surface area contributed by atoms with Gasteiger partial charge in [-0.05, 0) is 35.4 Å². The number of thiophene rings is 1. The van der Waals surface area contributed by atoms with Crippen molar-refractivity contribution >= 4 is 66.8 Å². The van der Waals surface area contributed by atoms with Gasteiger partial charge >= 0.3 is 10.2 Å². The average molecular weight is 726 g/mol. The standard InChI is InChI=1S/C32H35N7O7S3/c1-5-18-16-32(18,29(43)37-49(44,45)38-30-33-12-14-48-30)36-26(41)22-15-19(17-39(22)28(42)25(40)31(2,3)4)46-27-24(23-11-8-13-47-23)34-20-9-6-7-10-21(20)35-27/h5-14,18-19,22,25,40H,1,15-17H2,2-4H3,(H,33,38)(H,36,41)(H,37,43)/t18-,19-,22+,25-,32-/m1/s1. The number of nitrogens with one attached hydrogen (secondary N) is 3. The summed E-state index contributed by atoms with van der Waals surface area (Å²) in [5, 5.41) is 17.2. The Morgan fingerprint density at radius 2 is 1.86 bits per heavy atom. The van der Waals surface area contributed by atoms with Crippen molar-refractivity contribution in [3.63, 3.8) is 0 Å². The van der Waals surface area contributed by atoms with Crippen molar-refractivity contribution in [1.29, 1.82) is 0 Å². The summed E-state index contributed by atoms with van der Waals surface area (Å²) >= 11 is 2.48. The van der Waals surface area contributed by atoms with E-state index in [-0.39, 0.29) is 30.4 Å². The van der Waals surface area contributed by atoms with E-state index in [2.05, 4.69) is 21.6 Å². The monoisotopic (exact) mass is 725 g/mol. The minimum absolute atomic E-state index is 0.00677. The summed E-state index contributed by atoms with van der Waals surface area (Å²) in [5.74, 6) is -2.73. The molecule has 6 rings (SSSR count). The number of para-hydroxylation sites is 2. The second kappa shape index (κ2) is 13.1. The predicted molar refractivity (Wildman–Crippen MR) is 185 cm³/mol. The van der Waals surface area contributed by atoms with Crippen LogP contribution in [0.1, 0.15) is 33.6 Å². The van der Waals surface area contributed by atoms with E-state index in [4.69, 9.17) is 14.7 Å². The quantitative estimate of drug-likeness (QED) is 0.167. The van der Waals surface area contributed by atoms with E-state index < -0.39 is 63.1 Å². The first-order valence-corrected chi connectivity index (χ1v) is 18.6. The molecule has 4 N–H and O–H groups in total. The third kappa shape index (κ3) is 7.15. The number of nitrogens with zero attached hydrogens (tertiary/aromatic N) is 4. The van der Waals surface area contributed by atoms with Crippen LogP contribution >= 0.6 is 22.7 Å². The van der Waals surface area contributed by atoms with Crippen molar-refractivity contribution in [2.45, 2.75) is 57.4 Å². The Morgan fingerprint density at radius 3 is 2.47 bits per heavy atom. The Balaban J connectivity index is 1.27. The maximum absolute atomic E-state index is 14.0. The molecule has 3 amide bonds. The summed E-state index contributed by atoms with van der Waals surface area (Å²) in [6, 6.07) is 9.93. The first kappa shape index (κ1) is 34.4. The van der Waals surface area contributed by atoms with Gasteiger partial charge in [0.25, 0.3) is 11.8 Å². The molecule has 1 aliphatic carbocycles. The van der Waals surface area contributed by atoms with Crippen LogP contribution in [0.2, 0.25) is 0 Å². The minimum atomic E-state index is -4.38. The Hall–Kier alpha value is -4.45. The number of aliphatic hydroxyl groups excluding tert-OH is 1. The summed E-state index contributed by atoms with van der Waals surface area (Å²) in [6.45, 7) is 8.76.